The largest absolute Gasteiger partial charge is 0.440 e. The molecule has 0 bridgehead atoms. The van der Waals surface area contributed by atoms with Crippen LogP contribution in [0, 0.1) is 13.8 Å². The summed E-state index contributed by atoms with van der Waals surface area (Å²) in [7, 11) is -3.96. The maximum absolute atomic E-state index is 10.9. The number of hydrazine groups is 1. The van der Waals surface area contributed by atoms with Crippen LogP contribution in [0.5, 0.6) is 0 Å². The fourth-order valence-electron chi connectivity index (χ4n) is 1.41. The zero-order valence-electron chi connectivity index (χ0n) is 8.22. The molecular formula is C8H10N2O4S. The van der Waals surface area contributed by atoms with E-state index in [0.29, 0.717) is 5.69 Å². The molecule has 1 aliphatic heterocycles. The third-order valence-electron chi connectivity index (χ3n) is 2.03. The van der Waals surface area contributed by atoms with Crippen molar-refractivity contribution in [3.05, 3.63) is 29.3 Å². The topological polar surface area (TPSA) is 67.9 Å². The molecule has 0 unspecified atom stereocenters. The highest BCUT2D eigenvalue weighted by atomic mass is 32.3. The average Bonchev–Trinajstić information content (AvgIpc) is 2.46. The molecule has 0 spiro atoms. The van der Waals surface area contributed by atoms with Crippen molar-refractivity contribution in [2.24, 2.45) is 0 Å². The second-order valence-corrected chi connectivity index (χ2v) is 4.32. The zero-order chi connectivity index (χ0) is 11.1. The molecule has 2 rings (SSSR count). The van der Waals surface area contributed by atoms with Crippen molar-refractivity contribution in [1.82, 2.24) is 5.59 Å². The van der Waals surface area contributed by atoms with E-state index in [1.807, 2.05) is 32.0 Å². The lowest BCUT2D eigenvalue weighted by Crippen LogP contribution is -2.29. The zero-order valence-corrected chi connectivity index (χ0v) is 9.04. The van der Waals surface area contributed by atoms with E-state index in [1.54, 1.807) is 0 Å². The maximum atomic E-state index is 10.9. The molecule has 0 saturated carbocycles. The standard InChI is InChI=1S/C8H10N2O4S/c1-6-4-3-5-7(2)8(6)10-9-13-15(11,12)14-10/h3-5,9H,1-2H3. The van der Waals surface area contributed by atoms with Crippen LogP contribution < -0.4 is 10.8 Å². The maximum Gasteiger partial charge on any atom is 0.440 e. The van der Waals surface area contributed by atoms with Gasteiger partial charge >= 0.3 is 10.4 Å². The van der Waals surface area contributed by atoms with Crippen molar-refractivity contribution in [3.63, 3.8) is 0 Å². The van der Waals surface area contributed by atoms with Crippen LogP contribution in [0.2, 0.25) is 0 Å². The first-order valence-electron chi connectivity index (χ1n) is 4.24. The summed E-state index contributed by atoms with van der Waals surface area (Å²) in [5.74, 6) is 0. The first-order valence-corrected chi connectivity index (χ1v) is 5.58. The number of hydrogen-bond acceptors (Lipinski definition) is 6. The predicted molar refractivity (Wildman–Crippen MR) is 52.6 cm³/mol. The second kappa shape index (κ2) is 3.46. The van der Waals surface area contributed by atoms with Crippen molar-refractivity contribution >= 4 is 16.1 Å². The Morgan fingerprint density at radius 1 is 1.27 bits per heavy atom. The first kappa shape index (κ1) is 10.4. The van der Waals surface area contributed by atoms with E-state index in [4.69, 9.17) is 0 Å². The van der Waals surface area contributed by atoms with E-state index >= 15 is 0 Å². The average molecular weight is 230 g/mol. The van der Waals surface area contributed by atoms with E-state index in [0.717, 1.165) is 16.3 Å². The molecule has 7 heteroatoms. The van der Waals surface area contributed by atoms with Crippen LogP contribution in [-0.4, -0.2) is 8.42 Å². The highest BCUT2D eigenvalue weighted by Crippen LogP contribution is 2.26. The highest BCUT2D eigenvalue weighted by Gasteiger charge is 2.30. The van der Waals surface area contributed by atoms with Crippen LogP contribution in [0.4, 0.5) is 5.69 Å². The molecular weight excluding hydrogens is 220 g/mol. The second-order valence-electron chi connectivity index (χ2n) is 3.19. The summed E-state index contributed by atoms with van der Waals surface area (Å²) in [6.07, 6.45) is 0. The fourth-order valence-corrected chi connectivity index (χ4v) is 1.89. The van der Waals surface area contributed by atoms with Gasteiger partial charge in [0, 0.05) is 0 Å². The van der Waals surface area contributed by atoms with Crippen molar-refractivity contribution in [2.75, 3.05) is 5.17 Å². The van der Waals surface area contributed by atoms with Gasteiger partial charge in [-0.25, -0.2) is 0 Å². The lowest BCUT2D eigenvalue weighted by Gasteiger charge is -2.16. The minimum absolute atomic E-state index is 0.624. The summed E-state index contributed by atoms with van der Waals surface area (Å²) in [4.78, 5) is 0. The summed E-state index contributed by atoms with van der Waals surface area (Å²) in [5, 5.41) is 0.986. The van der Waals surface area contributed by atoms with Gasteiger partial charge in [0.2, 0.25) is 0 Å². The number of hydrogen-bond donors (Lipinski definition) is 1. The van der Waals surface area contributed by atoms with Crippen molar-refractivity contribution in [2.45, 2.75) is 13.8 Å². The molecule has 1 aromatic carbocycles. The lowest BCUT2D eigenvalue weighted by atomic mass is 10.1. The van der Waals surface area contributed by atoms with Crippen LogP contribution in [-0.2, 0) is 19.0 Å². The predicted octanol–water partition coefficient (Wildman–Crippen LogP) is 0.736. The lowest BCUT2D eigenvalue weighted by molar-refractivity contribution is 0.197. The van der Waals surface area contributed by atoms with Crippen molar-refractivity contribution < 1.29 is 17.0 Å². The fraction of sp³-hybridized carbons (Fsp3) is 0.250. The molecule has 82 valence electrons. The van der Waals surface area contributed by atoms with Crippen molar-refractivity contribution in [3.8, 4) is 0 Å². The Kier molecular flexibility index (Phi) is 2.39. The molecule has 0 amide bonds. The molecule has 0 atom stereocenters. The molecule has 1 aromatic rings. The smallest absolute Gasteiger partial charge is 0.165 e. The number of benzene rings is 1. The molecule has 1 N–H and O–H groups in total. The van der Waals surface area contributed by atoms with E-state index in [2.05, 4.69) is 14.2 Å². The van der Waals surface area contributed by atoms with Crippen LogP contribution >= 0.6 is 0 Å². The Balaban J connectivity index is 2.40. The molecule has 1 heterocycles. The third kappa shape index (κ3) is 1.95. The van der Waals surface area contributed by atoms with Gasteiger partial charge in [-0.3, -0.25) is 0 Å². The Labute approximate surface area is 87.6 Å². The van der Waals surface area contributed by atoms with Gasteiger partial charge in [0.1, 0.15) is 0 Å². The normalized spacial score (nSPS) is 19.5. The summed E-state index contributed by atoms with van der Waals surface area (Å²) in [6.45, 7) is 3.69. The van der Waals surface area contributed by atoms with Gasteiger partial charge in [-0.1, -0.05) is 23.8 Å². The minimum Gasteiger partial charge on any atom is -0.165 e. The number of nitrogens with zero attached hydrogens (tertiary/aromatic N) is 1. The summed E-state index contributed by atoms with van der Waals surface area (Å²) < 4.78 is 30.6. The summed E-state index contributed by atoms with van der Waals surface area (Å²) in [6, 6.07) is 5.57. The summed E-state index contributed by atoms with van der Waals surface area (Å²) >= 11 is 0. The number of rotatable bonds is 1. The number of nitrogens with one attached hydrogen (secondary N) is 1. The van der Waals surface area contributed by atoms with E-state index < -0.39 is 10.4 Å². The van der Waals surface area contributed by atoms with Crippen LogP contribution in [0.15, 0.2) is 18.2 Å². The SMILES string of the molecule is Cc1cccc(C)c1N1NOS(=O)(=O)O1. The highest BCUT2D eigenvalue weighted by molar-refractivity contribution is 7.82. The van der Waals surface area contributed by atoms with E-state index in [1.165, 1.54) is 0 Å². The van der Waals surface area contributed by atoms with Gasteiger partial charge < -0.3 is 0 Å². The number of aryl methyl sites for hydroxylation is 2. The molecule has 0 aliphatic carbocycles. The van der Waals surface area contributed by atoms with E-state index in [-0.39, 0.29) is 0 Å². The summed E-state index contributed by atoms with van der Waals surface area (Å²) in [5.41, 5.74) is 4.55. The van der Waals surface area contributed by atoms with E-state index in [9.17, 15) is 8.42 Å². The quantitative estimate of drug-likeness (QED) is 0.767. The number of para-hydroxylation sites is 1. The monoisotopic (exact) mass is 230 g/mol. The van der Waals surface area contributed by atoms with Crippen LogP contribution in [0.1, 0.15) is 11.1 Å². The third-order valence-corrected chi connectivity index (χ3v) is 2.64. The Hall–Kier alpha value is -1.15. The van der Waals surface area contributed by atoms with Gasteiger partial charge in [-0.15, -0.1) is 13.7 Å². The van der Waals surface area contributed by atoms with Crippen molar-refractivity contribution in [1.29, 1.82) is 0 Å². The molecule has 1 saturated heterocycles. The van der Waals surface area contributed by atoms with Crippen LogP contribution in [0.3, 0.4) is 0 Å². The van der Waals surface area contributed by atoms with Gasteiger partial charge in [0.25, 0.3) is 0 Å². The molecule has 0 aromatic heterocycles. The first-order chi connectivity index (χ1) is 6.99. The van der Waals surface area contributed by atoms with Gasteiger partial charge in [-0.2, -0.15) is 8.42 Å². The minimum atomic E-state index is -3.96. The molecule has 15 heavy (non-hydrogen) atoms. The van der Waals surface area contributed by atoms with Gasteiger partial charge in [0.15, 0.2) is 0 Å². The molecule has 1 aliphatic rings. The molecule has 0 radical (unpaired) electrons. The Bertz CT molecular complexity index is 465. The van der Waals surface area contributed by atoms with Gasteiger partial charge in [0.05, 0.1) is 5.69 Å². The molecule has 6 nitrogen and oxygen atoms in total. The Morgan fingerprint density at radius 2 is 1.87 bits per heavy atom. The Morgan fingerprint density at radius 3 is 2.33 bits per heavy atom. The molecule has 1 fully saturated rings. The van der Waals surface area contributed by atoms with Gasteiger partial charge in [-0.05, 0) is 25.0 Å². The number of anilines is 1. The van der Waals surface area contributed by atoms with Crippen LogP contribution in [0.25, 0.3) is 0 Å².